The Hall–Kier alpha value is -2.44. The highest BCUT2D eigenvalue weighted by molar-refractivity contribution is 5.94. The third-order valence-electron chi connectivity index (χ3n) is 3.90. The number of carbonyl (C=O) groups excluding carboxylic acids is 1. The number of amides is 1. The molecule has 1 aliphatic rings. The lowest BCUT2D eigenvalue weighted by molar-refractivity contribution is 0.0927. The number of H-pyrrole nitrogens is 1. The number of carbonyl (C=O) groups is 1. The lowest BCUT2D eigenvalue weighted by Gasteiger charge is -2.18. The van der Waals surface area contributed by atoms with Crippen LogP contribution >= 0.6 is 0 Å². The molecule has 1 saturated carbocycles. The van der Waals surface area contributed by atoms with Crippen LogP contribution in [0.4, 0.5) is 0 Å². The van der Waals surface area contributed by atoms with Crippen LogP contribution < -0.4 is 10.9 Å². The lowest BCUT2D eigenvalue weighted by atomic mass is 10.1. The predicted octanol–water partition coefficient (Wildman–Crippen LogP) is 1.18. The van der Waals surface area contributed by atoms with Gasteiger partial charge < -0.3 is 10.3 Å². The van der Waals surface area contributed by atoms with E-state index in [1.54, 1.807) is 23.7 Å². The monoisotopic (exact) mass is 301 g/mol. The maximum atomic E-state index is 12.4. The number of aromatic nitrogens is 4. The molecular weight excluding hydrogens is 282 g/mol. The Bertz CT molecular complexity index is 744. The van der Waals surface area contributed by atoms with E-state index in [9.17, 15) is 9.59 Å². The van der Waals surface area contributed by atoms with Crippen molar-refractivity contribution >= 4 is 5.91 Å². The van der Waals surface area contributed by atoms with Crippen LogP contribution in [0.2, 0.25) is 0 Å². The second-order valence-corrected chi connectivity index (χ2v) is 5.61. The van der Waals surface area contributed by atoms with Crippen LogP contribution in [0.25, 0.3) is 0 Å². The van der Waals surface area contributed by atoms with Gasteiger partial charge in [-0.1, -0.05) is 0 Å². The minimum absolute atomic E-state index is 0.124. The molecule has 116 valence electrons. The molecule has 3 rings (SSSR count). The lowest BCUT2D eigenvalue weighted by Crippen LogP contribution is -2.35. The second-order valence-electron chi connectivity index (χ2n) is 5.61. The summed E-state index contributed by atoms with van der Waals surface area (Å²) in [4.78, 5) is 31.3. The Morgan fingerprint density at radius 3 is 2.91 bits per heavy atom. The van der Waals surface area contributed by atoms with E-state index in [2.05, 4.69) is 20.4 Å². The molecule has 1 aliphatic carbocycles. The van der Waals surface area contributed by atoms with E-state index in [-0.39, 0.29) is 23.1 Å². The molecule has 0 bridgehead atoms. The van der Waals surface area contributed by atoms with E-state index in [0.717, 1.165) is 24.4 Å². The van der Waals surface area contributed by atoms with Gasteiger partial charge in [0.25, 0.3) is 11.5 Å². The average Bonchev–Trinajstić information content (AvgIpc) is 3.21. The number of nitrogens with one attached hydrogen (secondary N) is 2. The van der Waals surface area contributed by atoms with Gasteiger partial charge in [0.05, 0.1) is 6.04 Å². The van der Waals surface area contributed by atoms with Gasteiger partial charge in [0.1, 0.15) is 17.7 Å². The van der Waals surface area contributed by atoms with Gasteiger partial charge in [0, 0.05) is 12.2 Å². The highest BCUT2D eigenvalue weighted by Gasteiger charge is 2.36. The second kappa shape index (κ2) is 5.75. The fourth-order valence-corrected chi connectivity index (χ4v) is 2.55. The molecule has 1 atom stereocenters. The molecule has 22 heavy (non-hydrogen) atoms. The van der Waals surface area contributed by atoms with Crippen LogP contribution in [-0.2, 0) is 6.54 Å². The third kappa shape index (κ3) is 2.79. The summed E-state index contributed by atoms with van der Waals surface area (Å²) in [5.41, 5.74) is 0.480. The normalized spacial score (nSPS) is 15.5. The van der Waals surface area contributed by atoms with E-state index >= 15 is 0 Å². The van der Waals surface area contributed by atoms with Gasteiger partial charge in [-0.3, -0.25) is 9.59 Å². The zero-order chi connectivity index (χ0) is 15.7. The summed E-state index contributed by atoms with van der Waals surface area (Å²) in [7, 11) is 0. The molecular formula is C15H19N5O2. The van der Waals surface area contributed by atoms with Crippen LogP contribution in [0.3, 0.4) is 0 Å². The van der Waals surface area contributed by atoms with Crippen molar-refractivity contribution < 1.29 is 4.79 Å². The summed E-state index contributed by atoms with van der Waals surface area (Å²) < 4.78 is 1.78. The summed E-state index contributed by atoms with van der Waals surface area (Å²) in [5, 5.41) is 7.11. The standard InChI is InChI=1S/C15H19N5O2/c1-3-20-13(16-8-17-20)12(10-5-6-10)19-15(22)11-7-4-9(2)18-14(11)21/h4,7-8,10,12H,3,5-6H2,1-2H3,(H,18,21)(H,19,22)/t12-/m0/s1. The first-order valence-corrected chi connectivity index (χ1v) is 7.48. The van der Waals surface area contributed by atoms with Gasteiger partial charge in [-0.05, 0) is 44.7 Å². The zero-order valence-corrected chi connectivity index (χ0v) is 12.7. The fourth-order valence-electron chi connectivity index (χ4n) is 2.55. The average molecular weight is 301 g/mol. The van der Waals surface area contributed by atoms with Crippen molar-refractivity contribution in [1.82, 2.24) is 25.1 Å². The Balaban J connectivity index is 1.85. The Morgan fingerprint density at radius 1 is 1.50 bits per heavy atom. The number of hydrogen-bond acceptors (Lipinski definition) is 4. The largest absolute Gasteiger partial charge is 0.342 e. The summed E-state index contributed by atoms with van der Waals surface area (Å²) in [5.74, 6) is 0.744. The minimum Gasteiger partial charge on any atom is -0.342 e. The van der Waals surface area contributed by atoms with E-state index in [1.807, 2.05) is 6.92 Å². The van der Waals surface area contributed by atoms with Gasteiger partial charge in [-0.15, -0.1) is 0 Å². The summed E-state index contributed by atoms with van der Waals surface area (Å²) >= 11 is 0. The van der Waals surface area contributed by atoms with Crippen LogP contribution in [0.15, 0.2) is 23.3 Å². The van der Waals surface area contributed by atoms with Crippen LogP contribution in [-0.4, -0.2) is 25.7 Å². The van der Waals surface area contributed by atoms with Crippen molar-refractivity contribution in [2.75, 3.05) is 0 Å². The molecule has 7 nitrogen and oxygen atoms in total. The van der Waals surface area contributed by atoms with Gasteiger partial charge in [0.15, 0.2) is 0 Å². The Labute approximate surface area is 127 Å². The number of rotatable bonds is 5. The molecule has 0 unspecified atom stereocenters. The van der Waals surface area contributed by atoms with Crippen molar-refractivity contribution in [2.45, 2.75) is 39.3 Å². The fraction of sp³-hybridized carbons (Fsp3) is 0.467. The van der Waals surface area contributed by atoms with Gasteiger partial charge in [0.2, 0.25) is 0 Å². The molecule has 7 heteroatoms. The number of nitrogens with zero attached hydrogens (tertiary/aromatic N) is 3. The first-order chi connectivity index (χ1) is 10.6. The zero-order valence-electron chi connectivity index (χ0n) is 12.7. The van der Waals surface area contributed by atoms with Crippen molar-refractivity contribution in [1.29, 1.82) is 0 Å². The quantitative estimate of drug-likeness (QED) is 0.867. The van der Waals surface area contributed by atoms with Crippen molar-refractivity contribution in [3.63, 3.8) is 0 Å². The van der Waals surface area contributed by atoms with E-state index in [0.29, 0.717) is 12.5 Å². The SMILES string of the molecule is CCn1ncnc1[C@@H](NC(=O)c1ccc(C)[nH]c1=O)C1CC1. The van der Waals surface area contributed by atoms with Gasteiger partial charge >= 0.3 is 0 Å². The van der Waals surface area contributed by atoms with E-state index in [1.165, 1.54) is 6.33 Å². The summed E-state index contributed by atoms with van der Waals surface area (Å²) in [6, 6.07) is 3.07. The van der Waals surface area contributed by atoms with Crippen LogP contribution in [0, 0.1) is 12.8 Å². The maximum Gasteiger partial charge on any atom is 0.260 e. The number of aromatic amines is 1. The summed E-state index contributed by atoms with van der Waals surface area (Å²) in [6.07, 6.45) is 3.59. The topological polar surface area (TPSA) is 92.7 Å². The van der Waals surface area contributed by atoms with Gasteiger partial charge in [-0.25, -0.2) is 9.67 Å². The van der Waals surface area contributed by atoms with Crippen molar-refractivity contribution in [3.05, 3.63) is 45.9 Å². The molecule has 2 heterocycles. The van der Waals surface area contributed by atoms with E-state index in [4.69, 9.17) is 0 Å². The molecule has 0 radical (unpaired) electrons. The highest BCUT2D eigenvalue weighted by Crippen LogP contribution is 2.40. The molecule has 0 aromatic carbocycles. The molecule has 1 fully saturated rings. The van der Waals surface area contributed by atoms with Crippen molar-refractivity contribution in [3.8, 4) is 0 Å². The van der Waals surface area contributed by atoms with E-state index < -0.39 is 0 Å². The molecule has 0 saturated heterocycles. The Morgan fingerprint density at radius 2 is 2.27 bits per heavy atom. The molecule has 2 N–H and O–H groups in total. The first-order valence-electron chi connectivity index (χ1n) is 7.48. The first kappa shape index (κ1) is 14.5. The smallest absolute Gasteiger partial charge is 0.260 e. The molecule has 0 spiro atoms. The highest BCUT2D eigenvalue weighted by atomic mass is 16.2. The summed E-state index contributed by atoms with van der Waals surface area (Å²) in [6.45, 7) is 4.45. The number of hydrogen-bond donors (Lipinski definition) is 2. The molecule has 2 aromatic rings. The predicted molar refractivity (Wildman–Crippen MR) is 80.4 cm³/mol. The molecule has 0 aliphatic heterocycles. The molecule has 2 aromatic heterocycles. The van der Waals surface area contributed by atoms with Crippen molar-refractivity contribution in [2.24, 2.45) is 5.92 Å². The molecule has 1 amide bonds. The number of pyridine rings is 1. The number of aryl methyl sites for hydroxylation is 2. The third-order valence-corrected chi connectivity index (χ3v) is 3.90. The van der Waals surface area contributed by atoms with Gasteiger partial charge in [-0.2, -0.15) is 5.10 Å². The Kier molecular flexibility index (Phi) is 3.79. The van der Waals surface area contributed by atoms with Crippen LogP contribution in [0.1, 0.15) is 47.7 Å². The van der Waals surface area contributed by atoms with Crippen LogP contribution in [0.5, 0.6) is 0 Å². The minimum atomic E-state index is -0.371. The maximum absolute atomic E-state index is 12.4.